The number of anilines is 1. The lowest BCUT2D eigenvalue weighted by Gasteiger charge is -2.07. The number of rotatable bonds is 2. The minimum atomic E-state index is -0.951. The van der Waals surface area contributed by atoms with E-state index in [1.165, 1.54) is 24.3 Å². The second-order valence-corrected chi connectivity index (χ2v) is 4.54. The number of carbonyl (C=O) groups excluding carboxylic acids is 1. The maximum atomic E-state index is 12.8. The van der Waals surface area contributed by atoms with Crippen molar-refractivity contribution in [3.63, 3.8) is 0 Å². The first-order valence-electron chi connectivity index (χ1n) is 6.13. The second-order valence-electron chi connectivity index (χ2n) is 4.54. The summed E-state index contributed by atoms with van der Waals surface area (Å²) in [7, 11) is -0.951. The number of amides is 1. The van der Waals surface area contributed by atoms with E-state index in [4.69, 9.17) is 4.65 Å². The fraction of sp³-hybridized carbons (Fsp3) is 0.0714. The first-order chi connectivity index (χ1) is 9.63. The van der Waals surface area contributed by atoms with Gasteiger partial charge in [0, 0.05) is 11.3 Å². The molecule has 1 aliphatic heterocycles. The summed E-state index contributed by atoms with van der Waals surface area (Å²) in [4.78, 5) is 12.0. The van der Waals surface area contributed by atoms with Crippen LogP contribution in [-0.2, 0) is 11.3 Å². The third-order valence-corrected chi connectivity index (χ3v) is 3.17. The fourth-order valence-electron chi connectivity index (χ4n) is 2.10. The van der Waals surface area contributed by atoms with Gasteiger partial charge in [-0.15, -0.1) is 0 Å². The maximum Gasteiger partial charge on any atom is 0.491 e. The average molecular weight is 271 g/mol. The van der Waals surface area contributed by atoms with E-state index in [-0.39, 0.29) is 11.7 Å². The highest BCUT2D eigenvalue weighted by molar-refractivity contribution is 6.61. The summed E-state index contributed by atoms with van der Waals surface area (Å²) < 4.78 is 17.9. The Labute approximate surface area is 115 Å². The monoisotopic (exact) mass is 271 g/mol. The first kappa shape index (κ1) is 12.8. The van der Waals surface area contributed by atoms with Crippen LogP contribution in [0.1, 0.15) is 15.9 Å². The molecule has 0 spiro atoms. The summed E-state index contributed by atoms with van der Waals surface area (Å²) in [6.45, 7) is 0.364. The maximum absolute atomic E-state index is 12.8. The Morgan fingerprint density at radius 2 is 2.00 bits per heavy atom. The number of benzene rings is 2. The Bertz CT molecular complexity index is 660. The SMILES string of the molecule is O=C(Nc1ccc2c(c1)B(O)OC2)c1ccc(F)cc1. The van der Waals surface area contributed by atoms with Gasteiger partial charge < -0.3 is 15.0 Å². The van der Waals surface area contributed by atoms with Crippen LogP contribution in [0, 0.1) is 5.82 Å². The zero-order valence-corrected chi connectivity index (χ0v) is 10.5. The summed E-state index contributed by atoms with van der Waals surface area (Å²) in [5.41, 5.74) is 2.48. The quantitative estimate of drug-likeness (QED) is 0.809. The molecule has 1 aliphatic rings. The van der Waals surface area contributed by atoms with Gasteiger partial charge in [-0.05, 0) is 47.4 Å². The van der Waals surface area contributed by atoms with Crippen LogP contribution in [0.2, 0.25) is 0 Å². The summed E-state index contributed by atoms with van der Waals surface area (Å²) in [5, 5.41) is 12.3. The van der Waals surface area contributed by atoms with Gasteiger partial charge in [0.15, 0.2) is 0 Å². The van der Waals surface area contributed by atoms with E-state index in [2.05, 4.69) is 5.32 Å². The summed E-state index contributed by atoms with van der Waals surface area (Å²) in [6.07, 6.45) is 0. The van der Waals surface area contributed by atoms with Gasteiger partial charge in [-0.1, -0.05) is 6.07 Å². The molecule has 1 heterocycles. The van der Waals surface area contributed by atoms with Gasteiger partial charge in [-0.3, -0.25) is 4.79 Å². The molecule has 0 aliphatic carbocycles. The molecule has 1 amide bonds. The van der Waals surface area contributed by atoms with Gasteiger partial charge in [0.05, 0.1) is 6.61 Å². The molecule has 2 aromatic rings. The Hall–Kier alpha value is -2.18. The van der Waals surface area contributed by atoms with Crippen molar-refractivity contribution >= 4 is 24.2 Å². The lowest BCUT2D eigenvalue weighted by atomic mass is 9.79. The summed E-state index contributed by atoms with van der Waals surface area (Å²) in [6, 6.07) is 10.5. The summed E-state index contributed by atoms with van der Waals surface area (Å²) >= 11 is 0. The molecule has 0 saturated heterocycles. The normalized spacial score (nSPS) is 13.2. The Balaban J connectivity index is 1.79. The fourth-order valence-corrected chi connectivity index (χ4v) is 2.10. The first-order valence-corrected chi connectivity index (χ1v) is 6.13. The van der Waals surface area contributed by atoms with Crippen LogP contribution in [-0.4, -0.2) is 18.0 Å². The van der Waals surface area contributed by atoms with Crippen LogP contribution in [0.15, 0.2) is 42.5 Å². The average Bonchev–Trinajstić information content (AvgIpc) is 2.81. The molecule has 20 heavy (non-hydrogen) atoms. The van der Waals surface area contributed by atoms with Gasteiger partial charge in [-0.25, -0.2) is 4.39 Å². The molecule has 0 unspecified atom stereocenters. The molecular weight excluding hydrogens is 260 g/mol. The third-order valence-electron chi connectivity index (χ3n) is 3.17. The molecule has 2 aromatic carbocycles. The van der Waals surface area contributed by atoms with Gasteiger partial charge in [0.25, 0.3) is 5.91 Å². The van der Waals surface area contributed by atoms with E-state index in [1.54, 1.807) is 18.2 Å². The molecule has 6 heteroatoms. The van der Waals surface area contributed by atoms with Crippen molar-refractivity contribution < 1.29 is 18.9 Å². The predicted octanol–water partition coefficient (Wildman–Crippen LogP) is 1.30. The standard InChI is InChI=1S/C14H11BFNO3/c16-11-4-1-9(2-5-11)14(18)17-12-6-3-10-8-20-15(19)13(10)7-12/h1-7,19H,8H2,(H,17,18). The van der Waals surface area contributed by atoms with Crippen molar-refractivity contribution in [2.45, 2.75) is 6.61 Å². The van der Waals surface area contributed by atoms with E-state index < -0.39 is 7.12 Å². The van der Waals surface area contributed by atoms with E-state index in [9.17, 15) is 14.2 Å². The minimum absolute atomic E-state index is 0.335. The van der Waals surface area contributed by atoms with E-state index in [1.807, 2.05) is 0 Å². The van der Waals surface area contributed by atoms with Crippen LogP contribution in [0.4, 0.5) is 10.1 Å². The van der Waals surface area contributed by atoms with Crippen LogP contribution in [0.5, 0.6) is 0 Å². The second kappa shape index (κ2) is 5.07. The molecule has 0 atom stereocenters. The van der Waals surface area contributed by atoms with Crippen LogP contribution in [0.3, 0.4) is 0 Å². The molecule has 100 valence electrons. The van der Waals surface area contributed by atoms with Crippen LogP contribution >= 0.6 is 0 Å². The van der Waals surface area contributed by atoms with Gasteiger partial charge >= 0.3 is 7.12 Å². The van der Waals surface area contributed by atoms with Crippen molar-refractivity contribution in [2.24, 2.45) is 0 Å². The minimum Gasteiger partial charge on any atom is -0.423 e. The number of hydrogen-bond acceptors (Lipinski definition) is 3. The summed E-state index contributed by atoms with van der Waals surface area (Å²) in [5.74, 6) is -0.724. The number of nitrogens with one attached hydrogen (secondary N) is 1. The molecule has 0 saturated carbocycles. The molecule has 0 fully saturated rings. The highest BCUT2D eigenvalue weighted by atomic mass is 19.1. The van der Waals surface area contributed by atoms with Crippen molar-refractivity contribution in [3.8, 4) is 0 Å². The van der Waals surface area contributed by atoms with Crippen LogP contribution < -0.4 is 10.8 Å². The smallest absolute Gasteiger partial charge is 0.423 e. The lowest BCUT2D eigenvalue weighted by molar-refractivity contribution is 0.102. The Morgan fingerprint density at radius 1 is 1.25 bits per heavy atom. The van der Waals surface area contributed by atoms with Crippen molar-refractivity contribution in [3.05, 3.63) is 59.4 Å². The van der Waals surface area contributed by atoms with E-state index in [0.717, 1.165) is 5.56 Å². The zero-order valence-electron chi connectivity index (χ0n) is 10.5. The van der Waals surface area contributed by atoms with E-state index in [0.29, 0.717) is 23.3 Å². The molecule has 0 aromatic heterocycles. The highest BCUT2D eigenvalue weighted by Crippen LogP contribution is 2.15. The molecule has 4 nitrogen and oxygen atoms in total. The van der Waals surface area contributed by atoms with Gasteiger partial charge in [-0.2, -0.15) is 0 Å². The number of carbonyl (C=O) groups is 1. The van der Waals surface area contributed by atoms with Crippen molar-refractivity contribution in [2.75, 3.05) is 5.32 Å². The van der Waals surface area contributed by atoms with Crippen LogP contribution in [0.25, 0.3) is 0 Å². The Kier molecular flexibility index (Phi) is 3.26. The largest absolute Gasteiger partial charge is 0.491 e. The van der Waals surface area contributed by atoms with E-state index >= 15 is 0 Å². The third kappa shape index (κ3) is 2.43. The zero-order chi connectivity index (χ0) is 14.1. The Morgan fingerprint density at radius 3 is 2.75 bits per heavy atom. The highest BCUT2D eigenvalue weighted by Gasteiger charge is 2.27. The molecular formula is C14H11BFNO3. The molecule has 0 radical (unpaired) electrons. The van der Waals surface area contributed by atoms with Gasteiger partial charge in [0.1, 0.15) is 5.82 Å². The van der Waals surface area contributed by atoms with Gasteiger partial charge in [0.2, 0.25) is 0 Å². The van der Waals surface area contributed by atoms with Crippen molar-refractivity contribution in [1.29, 1.82) is 0 Å². The number of halogens is 1. The predicted molar refractivity (Wildman–Crippen MR) is 73.2 cm³/mol. The van der Waals surface area contributed by atoms with Crippen molar-refractivity contribution in [1.82, 2.24) is 0 Å². The topological polar surface area (TPSA) is 58.6 Å². The number of fused-ring (bicyclic) bond motifs is 1. The number of hydrogen-bond donors (Lipinski definition) is 2. The lowest BCUT2D eigenvalue weighted by Crippen LogP contribution is -2.28. The molecule has 2 N–H and O–H groups in total. The molecule has 0 bridgehead atoms. The molecule has 3 rings (SSSR count).